The number of halogens is 1. The van der Waals surface area contributed by atoms with E-state index in [9.17, 15) is 18.1 Å². The number of rotatable bonds is 5. The number of piperidine rings is 1. The molecule has 0 radical (unpaired) electrons. The van der Waals surface area contributed by atoms with Crippen LogP contribution in [0, 0.1) is 23.1 Å². The number of anilines is 1. The van der Waals surface area contributed by atoms with Crippen LogP contribution in [0.5, 0.6) is 0 Å². The monoisotopic (exact) mass is 478 g/mol. The van der Waals surface area contributed by atoms with Crippen LogP contribution in [0.25, 0.3) is 10.9 Å². The third-order valence-corrected chi connectivity index (χ3v) is 8.73. The topological polar surface area (TPSA) is 77.3 Å². The fourth-order valence-corrected chi connectivity index (χ4v) is 6.66. The summed E-state index contributed by atoms with van der Waals surface area (Å²) in [7, 11) is -3.97. The molecule has 0 N–H and O–H groups in total. The van der Waals surface area contributed by atoms with Crippen LogP contribution in [0.1, 0.15) is 31.2 Å². The highest BCUT2D eigenvalue weighted by Crippen LogP contribution is 2.38. The molecule has 2 aromatic carbocycles. The molecule has 176 valence electrons. The first-order valence-electron chi connectivity index (χ1n) is 11.8. The van der Waals surface area contributed by atoms with Gasteiger partial charge in [-0.3, -0.25) is 4.98 Å². The Morgan fingerprint density at radius 2 is 1.82 bits per heavy atom. The van der Waals surface area contributed by atoms with E-state index in [-0.39, 0.29) is 15.4 Å². The number of hydrogen-bond donors (Lipinski definition) is 0. The second-order valence-electron chi connectivity index (χ2n) is 9.21. The highest BCUT2D eigenvalue weighted by molar-refractivity contribution is 7.91. The molecule has 3 heterocycles. The zero-order valence-electron chi connectivity index (χ0n) is 19.0. The van der Waals surface area contributed by atoms with Crippen LogP contribution in [0.3, 0.4) is 0 Å². The molecule has 0 bridgehead atoms. The van der Waals surface area contributed by atoms with E-state index in [1.54, 1.807) is 18.2 Å². The van der Waals surface area contributed by atoms with E-state index < -0.39 is 15.7 Å². The summed E-state index contributed by atoms with van der Waals surface area (Å²) in [5.41, 5.74) is 1.33. The Balaban J connectivity index is 1.54. The van der Waals surface area contributed by atoms with E-state index in [4.69, 9.17) is 0 Å². The normalized spacial score (nSPS) is 17.8. The Morgan fingerprint density at radius 3 is 2.56 bits per heavy atom. The molecule has 8 heteroatoms. The number of nitrogens with zero attached hydrogens (tertiary/aromatic N) is 4. The van der Waals surface area contributed by atoms with Gasteiger partial charge in [0.05, 0.1) is 27.7 Å². The van der Waals surface area contributed by atoms with E-state index in [0.29, 0.717) is 35.6 Å². The molecule has 2 aliphatic rings. The van der Waals surface area contributed by atoms with E-state index >= 15 is 0 Å². The molecule has 0 amide bonds. The number of sulfone groups is 1. The summed E-state index contributed by atoms with van der Waals surface area (Å²) in [6.45, 7) is 4.83. The number of hydrogen-bond acceptors (Lipinski definition) is 6. The molecular formula is C26H27FN4O2S. The lowest BCUT2D eigenvalue weighted by Gasteiger charge is -2.36. The molecule has 2 aliphatic heterocycles. The summed E-state index contributed by atoms with van der Waals surface area (Å²) in [5.74, 6) is 0.145. The number of fused-ring (bicyclic) bond motifs is 1. The third kappa shape index (κ3) is 4.38. The second kappa shape index (κ2) is 9.32. The Bertz CT molecular complexity index is 1350. The minimum absolute atomic E-state index is 0.0364. The molecule has 0 spiro atoms. The van der Waals surface area contributed by atoms with Gasteiger partial charge >= 0.3 is 0 Å². The van der Waals surface area contributed by atoms with Crippen LogP contribution in [-0.4, -0.2) is 51.0 Å². The fraction of sp³-hybridized carbons (Fsp3) is 0.385. The van der Waals surface area contributed by atoms with Crippen molar-refractivity contribution in [3.05, 3.63) is 60.0 Å². The van der Waals surface area contributed by atoms with Gasteiger partial charge in [0.25, 0.3) is 0 Å². The zero-order valence-corrected chi connectivity index (χ0v) is 19.8. The summed E-state index contributed by atoms with van der Waals surface area (Å²) < 4.78 is 41.7. The highest BCUT2D eigenvalue weighted by atomic mass is 32.2. The summed E-state index contributed by atoms with van der Waals surface area (Å²) >= 11 is 0. The Kier molecular flexibility index (Phi) is 6.24. The molecule has 0 unspecified atom stereocenters. The molecule has 34 heavy (non-hydrogen) atoms. The van der Waals surface area contributed by atoms with Crippen molar-refractivity contribution in [2.75, 3.05) is 37.6 Å². The largest absolute Gasteiger partial charge is 0.370 e. The average molecular weight is 479 g/mol. The molecule has 6 nitrogen and oxygen atoms in total. The maximum atomic E-state index is 14.3. The lowest BCUT2D eigenvalue weighted by Crippen LogP contribution is -2.38. The SMILES string of the molecule is N#Cc1cccc(S(=O)(=O)c2cnc3ccc(F)cc3c2N2CCC(CN3CCCC3)CC2)c1. The van der Waals surface area contributed by atoms with Crippen molar-refractivity contribution in [1.82, 2.24) is 9.88 Å². The van der Waals surface area contributed by atoms with Crippen LogP contribution in [0.15, 0.2) is 58.5 Å². The Hall–Kier alpha value is -3.02. The summed E-state index contributed by atoms with van der Waals surface area (Å²) in [4.78, 5) is 9.04. The van der Waals surface area contributed by atoms with Crippen molar-refractivity contribution >= 4 is 26.4 Å². The average Bonchev–Trinajstić information content (AvgIpc) is 3.37. The van der Waals surface area contributed by atoms with Crippen molar-refractivity contribution in [1.29, 1.82) is 5.26 Å². The predicted octanol–water partition coefficient (Wildman–Crippen LogP) is 4.39. The van der Waals surface area contributed by atoms with Crippen molar-refractivity contribution in [2.24, 2.45) is 5.92 Å². The lowest BCUT2D eigenvalue weighted by atomic mass is 9.95. The smallest absolute Gasteiger partial charge is 0.210 e. The van der Waals surface area contributed by atoms with Crippen molar-refractivity contribution in [3.8, 4) is 6.07 Å². The Morgan fingerprint density at radius 1 is 1.06 bits per heavy atom. The molecule has 5 rings (SSSR count). The fourth-order valence-electron chi connectivity index (χ4n) is 5.18. The molecule has 3 aromatic rings. The Labute approximate surface area is 199 Å². The van der Waals surface area contributed by atoms with Gasteiger partial charge in [0.2, 0.25) is 9.84 Å². The van der Waals surface area contributed by atoms with Crippen LogP contribution in [-0.2, 0) is 9.84 Å². The number of benzene rings is 2. The highest BCUT2D eigenvalue weighted by Gasteiger charge is 2.30. The van der Waals surface area contributed by atoms with Gasteiger partial charge in [0.15, 0.2) is 0 Å². The first-order valence-corrected chi connectivity index (χ1v) is 13.2. The van der Waals surface area contributed by atoms with Crippen LogP contribution in [0.2, 0.25) is 0 Å². The number of aromatic nitrogens is 1. The molecule has 0 aliphatic carbocycles. The van der Waals surface area contributed by atoms with Gasteiger partial charge in [-0.15, -0.1) is 0 Å². The lowest BCUT2D eigenvalue weighted by molar-refractivity contribution is 0.249. The van der Waals surface area contributed by atoms with Crippen LogP contribution >= 0.6 is 0 Å². The van der Waals surface area contributed by atoms with Gasteiger partial charge < -0.3 is 9.80 Å². The minimum Gasteiger partial charge on any atom is -0.370 e. The molecular weight excluding hydrogens is 451 g/mol. The van der Waals surface area contributed by atoms with Gasteiger partial charge in [0.1, 0.15) is 10.7 Å². The van der Waals surface area contributed by atoms with Crippen molar-refractivity contribution in [3.63, 3.8) is 0 Å². The van der Waals surface area contributed by atoms with E-state index in [1.165, 1.54) is 56.4 Å². The summed E-state index contributed by atoms with van der Waals surface area (Å²) in [6.07, 6.45) is 5.82. The van der Waals surface area contributed by atoms with Crippen molar-refractivity contribution in [2.45, 2.75) is 35.5 Å². The van der Waals surface area contributed by atoms with Gasteiger partial charge in [-0.1, -0.05) is 6.07 Å². The number of nitriles is 1. The number of pyridine rings is 1. The van der Waals surface area contributed by atoms with Crippen LogP contribution in [0.4, 0.5) is 10.1 Å². The van der Waals surface area contributed by atoms with Crippen molar-refractivity contribution < 1.29 is 12.8 Å². The standard InChI is InChI=1S/C26H27FN4O2S/c27-21-6-7-24-23(15-21)26(31-12-8-19(9-13-31)18-30-10-1-2-11-30)25(17-29-24)34(32,33)22-5-3-4-20(14-22)16-28/h3-7,14-15,17,19H,1-2,8-13,18H2. The van der Waals surface area contributed by atoms with Gasteiger partial charge in [-0.25, -0.2) is 12.8 Å². The zero-order chi connectivity index (χ0) is 23.7. The maximum absolute atomic E-state index is 14.3. The predicted molar refractivity (Wildman–Crippen MR) is 129 cm³/mol. The molecule has 0 atom stereocenters. The van der Waals surface area contributed by atoms with Gasteiger partial charge in [-0.2, -0.15) is 5.26 Å². The van der Waals surface area contributed by atoms with E-state index in [1.807, 2.05) is 6.07 Å². The molecule has 2 saturated heterocycles. The maximum Gasteiger partial charge on any atom is 0.210 e. The third-order valence-electron chi connectivity index (χ3n) is 6.98. The van der Waals surface area contributed by atoms with Gasteiger partial charge in [0, 0.05) is 31.2 Å². The molecule has 1 aromatic heterocycles. The first-order chi connectivity index (χ1) is 16.5. The van der Waals surface area contributed by atoms with Gasteiger partial charge in [-0.05, 0) is 81.1 Å². The molecule has 0 saturated carbocycles. The first kappa shape index (κ1) is 22.8. The quantitative estimate of drug-likeness (QED) is 0.541. The second-order valence-corrected chi connectivity index (χ2v) is 11.1. The summed E-state index contributed by atoms with van der Waals surface area (Å²) in [6, 6.07) is 12.3. The van der Waals surface area contributed by atoms with E-state index in [2.05, 4.69) is 14.8 Å². The van der Waals surface area contributed by atoms with Crippen LogP contribution < -0.4 is 4.90 Å². The number of likely N-dealkylation sites (tertiary alicyclic amines) is 1. The molecule has 2 fully saturated rings. The summed E-state index contributed by atoms with van der Waals surface area (Å²) in [5, 5.41) is 9.74. The minimum atomic E-state index is -3.97. The van der Waals surface area contributed by atoms with E-state index in [0.717, 1.165) is 19.4 Å².